The maximum absolute atomic E-state index is 12.6. The number of rotatable bonds is 16. The van der Waals surface area contributed by atoms with Gasteiger partial charge < -0.3 is 30.0 Å². The Morgan fingerprint density at radius 1 is 0.922 bits per heavy atom. The fourth-order valence-electron chi connectivity index (χ4n) is 6.31. The maximum Gasteiger partial charge on any atom is 0.339 e. The van der Waals surface area contributed by atoms with Crippen molar-refractivity contribution >= 4 is 23.3 Å². The molecule has 5 rings (SSSR count). The molecule has 0 bridgehead atoms. The molecule has 0 saturated heterocycles. The first-order chi connectivity index (χ1) is 24.5. The fourth-order valence-corrected chi connectivity index (χ4v) is 6.31. The van der Waals surface area contributed by atoms with Crippen LogP contribution in [0.5, 0.6) is 17.2 Å². The summed E-state index contributed by atoms with van der Waals surface area (Å²) in [5.74, 6) is 0.927. The highest BCUT2D eigenvalue weighted by atomic mass is 16.6. The lowest BCUT2D eigenvalue weighted by atomic mass is 9.75. The highest BCUT2D eigenvalue weighted by Crippen LogP contribution is 2.36. The minimum absolute atomic E-state index is 0.0346. The van der Waals surface area contributed by atoms with E-state index in [4.69, 9.17) is 14.2 Å². The molecule has 0 unspecified atom stereocenters. The number of carbonyl (C=O) groups excluding carboxylic acids is 1. The summed E-state index contributed by atoms with van der Waals surface area (Å²) in [4.78, 5) is 35.8. The van der Waals surface area contributed by atoms with Crippen molar-refractivity contribution in [2.45, 2.75) is 65.8 Å². The first-order valence-corrected chi connectivity index (χ1v) is 17.3. The average molecular weight is 696 g/mol. The number of aromatic carboxylic acids is 1. The number of anilines is 1. The standard InChI is InChI=1S/C40H45N3O8/c1-26(2)34-16-9-27(3)19-37(34)50-25-39(44)42-22-28-10-12-31(13-11-28)41-23-30-20-32(43(47)48)14-18-36(30)51-38-21-33(15-17-35(38)40(45)46)49-24-29-7-5-4-6-8-29/h4-8,10-15,17-18,20-21,26-27,34,37,41H,9,16,19,22-25H2,1-3H3,(H,42,44)(H,45,46)/t27-,34+,37-/m1/s1. The predicted octanol–water partition coefficient (Wildman–Crippen LogP) is 8.37. The Hall–Kier alpha value is -5.42. The molecule has 0 aromatic heterocycles. The lowest BCUT2D eigenvalue weighted by Crippen LogP contribution is -2.37. The molecule has 0 aliphatic heterocycles. The van der Waals surface area contributed by atoms with Crippen LogP contribution in [-0.4, -0.2) is 34.6 Å². The minimum atomic E-state index is -1.19. The zero-order valence-electron chi connectivity index (χ0n) is 29.2. The van der Waals surface area contributed by atoms with Gasteiger partial charge in [0.15, 0.2) is 0 Å². The van der Waals surface area contributed by atoms with Crippen LogP contribution >= 0.6 is 0 Å². The SMILES string of the molecule is CC(C)[C@@H]1CC[C@@H](C)C[C@H]1OCC(=O)NCc1ccc(NCc2cc([N+](=O)[O-])ccc2Oc2cc(OCc3ccccc3)ccc2C(=O)O)cc1. The van der Waals surface area contributed by atoms with Gasteiger partial charge >= 0.3 is 5.97 Å². The van der Waals surface area contributed by atoms with E-state index in [9.17, 15) is 24.8 Å². The molecule has 0 heterocycles. The number of amides is 1. The summed E-state index contributed by atoms with van der Waals surface area (Å²) >= 11 is 0. The Morgan fingerprint density at radius 3 is 2.39 bits per heavy atom. The van der Waals surface area contributed by atoms with Crippen molar-refractivity contribution in [1.29, 1.82) is 0 Å². The van der Waals surface area contributed by atoms with E-state index in [1.165, 1.54) is 36.8 Å². The van der Waals surface area contributed by atoms with Crippen LogP contribution in [0.15, 0.2) is 91.0 Å². The summed E-state index contributed by atoms with van der Waals surface area (Å²) in [6.07, 6.45) is 3.42. The molecule has 51 heavy (non-hydrogen) atoms. The van der Waals surface area contributed by atoms with Gasteiger partial charge in [0, 0.05) is 42.5 Å². The van der Waals surface area contributed by atoms with Crippen LogP contribution in [0.4, 0.5) is 11.4 Å². The molecule has 0 radical (unpaired) electrons. The van der Waals surface area contributed by atoms with Crippen LogP contribution < -0.4 is 20.1 Å². The molecule has 4 aromatic rings. The van der Waals surface area contributed by atoms with E-state index in [0.717, 1.165) is 29.7 Å². The van der Waals surface area contributed by atoms with Crippen molar-refractivity contribution in [3.8, 4) is 17.2 Å². The molecule has 11 nitrogen and oxygen atoms in total. The second kappa shape index (κ2) is 17.5. The smallest absolute Gasteiger partial charge is 0.339 e. The largest absolute Gasteiger partial charge is 0.489 e. The molecular weight excluding hydrogens is 650 g/mol. The van der Waals surface area contributed by atoms with Crippen LogP contribution in [0.1, 0.15) is 67.1 Å². The van der Waals surface area contributed by atoms with Crippen LogP contribution in [0.3, 0.4) is 0 Å². The zero-order valence-corrected chi connectivity index (χ0v) is 29.2. The summed E-state index contributed by atoms with van der Waals surface area (Å²) < 4.78 is 18.1. The highest BCUT2D eigenvalue weighted by Gasteiger charge is 2.31. The van der Waals surface area contributed by atoms with E-state index >= 15 is 0 Å². The third-order valence-corrected chi connectivity index (χ3v) is 9.22. The average Bonchev–Trinajstić information content (AvgIpc) is 3.12. The van der Waals surface area contributed by atoms with Crippen molar-refractivity contribution in [3.63, 3.8) is 0 Å². The van der Waals surface area contributed by atoms with Crippen LogP contribution in [-0.2, 0) is 29.2 Å². The third kappa shape index (κ3) is 10.5. The van der Waals surface area contributed by atoms with E-state index in [2.05, 4.69) is 31.4 Å². The number of nitro groups is 1. The summed E-state index contributed by atoms with van der Waals surface area (Å²) in [5.41, 5.74) is 2.80. The number of non-ortho nitro benzene ring substituents is 1. The summed E-state index contributed by atoms with van der Waals surface area (Å²) in [7, 11) is 0. The number of carboxylic acid groups (broad SMARTS) is 1. The first-order valence-electron chi connectivity index (χ1n) is 17.3. The van der Waals surface area contributed by atoms with Gasteiger partial charge in [-0.3, -0.25) is 14.9 Å². The summed E-state index contributed by atoms with van der Waals surface area (Å²) in [6, 6.07) is 25.6. The number of hydrogen-bond donors (Lipinski definition) is 3. The molecule has 3 N–H and O–H groups in total. The second-order valence-corrected chi connectivity index (χ2v) is 13.4. The summed E-state index contributed by atoms with van der Waals surface area (Å²) in [6.45, 7) is 7.47. The number of carboxylic acids is 1. The molecule has 1 aliphatic rings. The molecular formula is C40H45N3O8. The van der Waals surface area contributed by atoms with Gasteiger partial charge in [-0.1, -0.05) is 69.7 Å². The van der Waals surface area contributed by atoms with Gasteiger partial charge in [-0.2, -0.15) is 0 Å². The zero-order chi connectivity index (χ0) is 36.3. The Kier molecular flexibility index (Phi) is 12.6. The van der Waals surface area contributed by atoms with E-state index < -0.39 is 10.9 Å². The predicted molar refractivity (Wildman–Crippen MR) is 194 cm³/mol. The van der Waals surface area contributed by atoms with Gasteiger partial charge in [-0.25, -0.2) is 4.79 Å². The van der Waals surface area contributed by atoms with Crippen molar-refractivity contribution in [3.05, 3.63) is 123 Å². The highest BCUT2D eigenvalue weighted by molar-refractivity contribution is 5.91. The maximum atomic E-state index is 12.6. The molecule has 1 fully saturated rings. The quantitative estimate of drug-likeness (QED) is 0.0776. The number of carbonyl (C=O) groups is 2. The normalized spacial score (nSPS) is 17.1. The monoisotopic (exact) mass is 695 g/mol. The van der Waals surface area contributed by atoms with E-state index in [1.807, 2.05) is 54.6 Å². The number of nitrogens with one attached hydrogen (secondary N) is 2. The van der Waals surface area contributed by atoms with Crippen LogP contribution in [0.2, 0.25) is 0 Å². The topological polar surface area (TPSA) is 149 Å². The molecule has 0 spiro atoms. The van der Waals surface area contributed by atoms with Gasteiger partial charge in [0.1, 0.15) is 36.0 Å². The Labute approximate surface area is 298 Å². The lowest BCUT2D eigenvalue weighted by Gasteiger charge is -2.37. The van der Waals surface area contributed by atoms with Crippen LogP contribution in [0.25, 0.3) is 0 Å². The number of benzene rings is 4. The van der Waals surface area contributed by atoms with Crippen molar-refractivity contribution in [1.82, 2.24) is 5.32 Å². The third-order valence-electron chi connectivity index (χ3n) is 9.22. The van der Waals surface area contributed by atoms with Crippen molar-refractivity contribution in [2.24, 2.45) is 17.8 Å². The number of nitro benzene ring substituents is 1. The molecule has 11 heteroatoms. The molecule has 3 atom stereocenters. The Morgan fingerprint density at radius 2 is 1.69 bits per heavy atom. The Balaban J connectivity index is 1.20. The lowest BCUT2D eigenvalue weighted by molar-refractivity contribution is -0.384. The molecule has 4 aromatic carbocycles. The first kappa shape index (κ1) is 36.9. The van der Waals surface area contributed by atoms with Gasteiger partial charge in [-0.15, -0.1) is 0 Å². The minimum Gasteiger partial charge on any atom is -0.489 e. The number of hydrogen-bond acceptors (Lipinski definition) is 8. The van der Waals surface area contributed by atoms with Gasteiger partial charge in [-0.05, 0) is 72.1 Å². The van der Waals surface area contributed by atoms with Gasteiger partial charge in [0.25, 0.3) is 5.69 Å². The fraction of sp³-hybridized carbons (Fsp3) is 0.350. The molecule has 1 aliphatic carbocycles. The molecule has 1 amide bonds. The van der Waals surface area contributed by atoms with E-state index in [1.54, 1.807) is 6.07 Å². The van der Waals surface area contributed by atoms with Crippen molar-refractivity contribution in [2.75, 3.05) is 11.9 Å². The van der Waals surface area contributed by atoms with E-state index in [0.29, 0.717) is 35.6 Å². The van der Waals surface area contributed by atoms with Crippen LogP contribution in [0, 0.1) is 27.9 Å². The van der Waals surface area contributed by atoms with Crippen molar-refractivity contribution < 1.29 is 33.8 Å². The number of nitrogens with zero attached hydrogens (tertiary/aromatic N) is 1. The summed E-state index contributed by atoms with van der Waals surface area (Å²) in [5, 5.41) is 27.6. The second-order valence-electron chi connectivity index (χ2n) is 13.4. The number of ether oxygens (including phenoxy) is 3. The molecule has 268 valence electrons. The van der Waals surface area contributed by atoms with E-state index in [-0.39, 0.29) is 54.5 Å². The van der Waals surface area contributed by atoms with Gasteiger partial charge in [0.2, 0.25) is 5.91 Å². The van der Waals surface area contributed by atoms with Gasteiger partial charge in [0.05, 0.1) is 11.0 Å². The molecule has 1 saturated carbocycles. The Bertz CT molecular complexity index is 1800.